The van der Waals surface area contributed by atoms with Gasteiger partial charge >= 0.3 is 12.4 Å². The number of piperazine rings is 1. The van der Waals surface area contributed by atoms with Gasteiger partial charge in [-0.15, -0.1) is 0 Å². The van der Waals surface area contributed by atoms with E-state index in [0.29, 0.717) is 44.1 Å². The average Bonchev–Trinajstić information content (AvgIpc) is 2.73. The molecule has 0 aliphatic carbocycles. The van der Waals surface area contributed by atoms with E-state index in [4.69, 9.17) is 9.47 Å². The third-order valence-electron chi connectivity index (χ3n) is 5.06. The van der Waals surface area contributed by atoms with E-state index in [2.05, 4.69) is 10.2 Å². The summed E-state index contributed by atoms with van der Waals surface area (Å²) in [5.74, 6) is 0.159. The van der Waals surface area contributed by atoms with Crippen molar-refractivity contribution >= 4 is 0 Å². The van der Waals surface area contributed by atoms with Crippen molar-refractivity contribution in [1.82, 2.24) is 10.2 Å². The predicted molar refractivity (Wildman–Crippen MR) is 102 cm³/mol. The SMILES string of the molecule is COc1ccc(C(COc2cc(C(F)(F)F)cc(C(F)(F)F)c2)N2CCNCC2)cc1. The maximum atomic E-state index is 13.1. The molecule has 1 atom stereocenters. The molecule has 3 rings (SSSR count). The van der Waals surface area contributed by atoms with Crippen LogP contribution < -0.4 is 14.8 Å². The summed E-state index contributed by atoms with van der Waals surface area (Å²) in [6.07, 6.45) is -9.85. The number of halogens is 6. The molecule has 1 aliphatic heterocycles. The Bertz CT molecular complexity index is 829. The molecule has 31 heavy (non-hydrogen) atoms. The number of hydrogen-bond donors (Lipinski definition) is 1. The summed E-state index contributed by atoms with van der Waals surface area (Å²) in [7, 11) is 1.53. The minimum Gasteiger partial charge on any atom is -0.497 e. The van der Waals surface area contributed by atoms with Gasteiger partial charge in [0.2, 0.25) is 0 Å². The van der Waals surface area contributed by atoms with Crippen LogP contribution in [0.25, 0.3) is 0 Å². The van der Waals surface area contributed by atoms with Crippen LogP contribution in [0, 0.1) is 0 Å². The second-order valence-electron chi connectivity index (χ2n) is 7.13. The van der Waals surface area contributed by atoms with Gasteiger partial charge in [0.25, 0.3) is 0 Å². The summed E-state index contributed by atoms with van der Waals surface area (Å²) >= 11 is 0. The number of hydrogen-bond acceptors (Lipinski definition) is 4. The van der Waals surface area contributed by atoms with Crippen LogP contribution in [0.15, 0.2) is 42.5 Å². The molecule has 10 heteroatoms. The Labute approximate surface area is 175 Å². The first kappa shape index (κ1) is 23.2. The minimum atomic E-state index is -4.92. The zero-order valence-electron chi connectivity index (χ0n) is 16.7. The van der Waals surface area contributed by atoms with E-state index in [1.54, 1.807) is 12.1 Å². The zero-order chi connectivity index (χ0) is 22.6. The summed E-state index contributed by atoms with van der Waals surface area (Å²) in [5.41, 5.74) is -1.98. The molecule has 2 aromatic carbocycles. The highest BCUT2D eigenvalue weighted by atomic mass is 19.4. The minimum absolute atomic E-state index is 0.0874. The Kier molecular flexibility index (Phi) is 7.00. The largest absolute Gasteiger partial charge is 0.497 e. The topological polar surface area (TPSA) is 33.7 Å². The van der Waals surface area contributed by atoms with Crippen molar-refractivity contribution in [3.63, 3.8) is 0 Å². The van der Waals surface area contributed by atoms with Crippen LogP contribution in [-0.4, -0.2) is 44.8 Å². The third kappa shape index (κ3) is 6.04. The fourth-order valence-electron chi connectivity index (χ4n) is 3.42. The molecule has 170 valence electrons. The molecule has 0 spiro atoms. The lowest BCUT2D eigenvalue weighted by Crippen LogP contribution is -2.46. The third-order valence-corrected chi connectivity index (χ3v) is 5.06. The number of rotatable bonds is 6. The van der Waals surface area contributed by atoms with E-state index >= 15 is 0 Å². The van der Waals surface area contributed by atoms with Gasteiger partial charge in [0, 0.05) is 26.2 Å². The van der Waals surface area contributed by atoms with Gasteiger partial charge in [-0.1, -0.05) is 12.1 Å². The number of methoxy groups -OCH3 is 1. The number of nitrogens with one attached hydrogen (secondary N) is 1. The number of alkyl halides is 6. The fourth-order valence-corrected chi connectivity index (χ4v) is 3.42. The molecule has 1 N–H and O–H groups in total. The molecule has 0 bridgehead atoms. The summed E-state index contributed by atoms with van der Waals surface area (Å²) in [6, 6.07) is 8.04. The molecular weight excluding hydrogens is 426 g/mol. The molecule has 1 unspecified atom stereocenters. The van der Waals surface area contributed by atoms with Crippen molar-refractivity contribution < 1.29 is 35.8 Å². The molecular formula is C21H22F6N2O2. The smallest absolute Gasteiger partial charge is 0.416 e. The number of nitrogens with zero attached hydrogens (tertiary/aromatic N) is 1. The van der Waals surface area contributed by atoms with Gasteiger partial charge in [-0.05, 0) is 35.9 Å². The lowest BCUT2D eigenvalue weighted by molar-refractivity contribution is -0.143. The highest BCUT2D eigenvalue weighted by Crippen LogP contribution is 2.38. The second-order valence-corrected chi connectivity index (χ2v) is 7.13. The maximum Gasteiger partial charge on any atom is 0.416 e. The Morgan fingerprint density at radius 1 is 0.871 bits per heavy atom. The van der Waals surface area contributed by atoms with Crippen LogP contribution in [0.5, 0.6) is 11.5 Å². The Balaban J connectivity index is 1.87. The van der Waals surface area contributed by atoms with Gasteiger partial charge < -0.3 is 14.8 Å². The zero-order valence-corrected chi connectivity index (χ0v) is 16.7. The molecule has 1 fully saturated rings. The van der Waals surface area contributed by atoms with Gasteiger partial charge in [0.05, 0.1) is 24.3 Å². The van der Waals surface area contributed by atoms with E-state index in [1.165, 1.54) is 7.11 Å². The normalized spacial score (nSPS) is 16.7. The molecule has 4 nitrogen and oxygen atoms in total. The highest BCUT2D eigenvalue weighted by molar-refractivity contribution is 5.37. The van der Waals surface area contributed by atoms with Crippen molar-refractivity contribution in [3.8, 4) is 11.5 Å². The van der Waals surface area contributed by atoms with Crippen LogP contribution in [-0.2, 0) is 12.4 Å². The van der Waals surface area contributed by atoms with Gasteiger partial charge in [-0.3, -0.25) is 4.90 Å². The van der Waals surface area contributed by atoms with Crippen LogP contribution in [0.1, 0.15) is 22.7 Å². The first-order valence-electron chi connectivity index (χ1n) is 9.59. The maximum absolute atomic E-state index is 13.1. The van der Waals surface area contributed by atoms with Crippen LogP contribution in [0.2, 0.25) is 0 Å². The predicted octanol–water partition coefficient (Wildman–Crippen LogP) is 4.76. The lowest BCUT2D eigenvalue weighted by atomic mass is 10.0. The first-order valence-corrected chi connectivity index (χ1v) is 9.59. The van der Waals surface area contributed by atoms with Gasteiger partial charge in [-0.25, -0.2) is 0 Å². The molecule has 1 aliphatic rings. The van der Waals surface area contributed by atoms with Crippen LogP contribution in [0.4, 0.5) is 26.3 Å². The molecule has 0 saturated carbocycles. The molecule has 0 aromatic heterocycles. The monoisotopic (exact) mass is 448 g/mol. The Morgan fingerprint density at radius 2 is 1.42 bits per heavy atom. The van der Waals surface area contributed by atoms with Crippen molar-refractivity contribution in [3.05, 3.63) is 59.2 Å². The summed E-state index contributed by atoms with van der Waals surface area (Å²) in [6.45, 7) is 2.65. The standard InChI is InChI=1S/C21H22F6N2O2/c1-30-17-4-2-14(3-5-17)19(29-8-6-28-7-9-29)13-31-18-11-15(20(22,23)24)10-16(12-18)21(25,26)27/h2-5,10-12,19,28H,6-9,13H2,1H3. The Hall–Kier alpha value is -2.46. The number of benzene rings is 2. The fraction of sp³-hybridized carbons (Fsp3) is 0.429. The summed E-state index contributed by atoms with van der Waals surface area (Å²) < 4.78 is 89.3. The van der Waals surface area contributed by atoms with Gasteiger partial charge in [-0.2, -0.15) is 26.3 Å². The van der Waals surface area contributed by atoms with E-state index < -0.39 is 29.2 Å². The molecule has 0 radical (unpaired) electrons. The average molecular weight is 448 g/mol. The van der Waals surface area contributed by atoms with Crippen molar-refractivity contribution in [2.75, 3.05) is 39.9 Å². The van der Waals surface area contributed by atoms with Gasteiger partial charge in [0.1, 0.15) is 18.1 Å². The Morgan fingerprint density at radius 3 is 1.90 bits per heavy atom. The van der Waals surface area contributed by atoms with E-state index in [9.17, 15) is 26.3 Å². The van der Waals surface area contributed by atoms with Crippen molar-refractivity contribution in [1.29, 1.82) is 0 Å². The summed E-state index contributed by atoms with van der Waals surface area (Å²) in [5, 5.41) is 3.21. The quantitative estimate of drug-likeness (QED) is 0.647. The van der Waals surface area contributed by atoms with E-state index in [-0.39, 0.29) is 18.7 Å². The van der Waals surface area contributed by atoms with Crippen molar-refractivity contribution in [2.45, 2.75) is 18.4 Å². The van der Waals surface area contributed by atoms with Crippen LogP contribution >= 0.6 is 0 Å². The van der Waals surface area contributed by atoms with E-state index in [1.807, 2.05) is 12.1 Å². The van der Waals surface area contributed by atoms with E-state index in [0.717, 1.165) is 5.56 Å². The molecule has 1 saturated heterocycles. The molecule has 1 heterocycles. The van der Waals surface area contributed by atoms with Crippen molar-refractivity contribution in [2.24, 2.45) is 0 Å². The lowest BCUT2D eigenvalue weighted by Gasteiger charge is -2.35. The highest BCUT2D eigenvalue weighted by Gasteiger charge is 2.37. The first-order chi connectivity index (χ1) is 14.6. The second kappa shape index (κ2) is 9.35. The number of ether oxygens (including phenoxy) is 2. The van der Waals surface area contributed by atoms with Crippen LogP contribution in [0.3, 0.4) is 0 Å². The summed E-state index contributed by atoms with van der Waals surface area (Å²) in [4.78, 5) is 2.08. The molecule has 2 aromatic rings. The molecule has 0 amide bonds. The van der Waals surface area contributed by atoms with Gasteiger partial charge in [0.15, 0.2) is 0 Å².